The van der Waals surface area contributed by atoms with Crippen LogP contribution in [0.2, 0.25) is 0 Å². The van der Waals surface area contributed by atoms with Crippen molar-refractivity contribution >= 4 is 6.29 Å². The molecular weight excluding hydrogens is 119 g/mol. The van der Waals surface area contributed by atoms with E-state index in [1.54, 1.807) is 0 Å². The molecule has 1 atom stereocenters. The van der Waals surface area contributed by atoms with Gasteiger partial charge in [0, 0.05) is 7.11 Å². The largest absolute Gasteiger partial charge is 1.00 e. The Morgan fingerprint density at radius 3 is 2.50 bits per heavy atom. The normalized spacial score (nSPS) is 11.8. The van der Waals surface area contributed by atoms with Crippen molar-refractivity contribution in [2.75, 3.05) is 13.7 Å². The van der Waals surface area contributed by atoms with Crippen molar-refractivity contribution in [1.29, 1.82) is 0 Å². The van der Waals surface area contributed by atoms with Crippen molar-refractivity contribution in [2.24, 2.45) is 0 Å². The van der Waals surface area contributed by atoms with Gasteiger partial charge in [-0.05, 0) is 0 Å². The number of aliphatic hydroxyl groups excluding tert-OH is 1. The Morgan fingerprint density at radius 1 is 2.00 bits per heavy atom. The molecule has 1 N–H and O–H groups in total. The Balaban J connectivity index is -0.000000180. The maximum absolute atomic E-state index is 9.68. The van der Waals surface area contributed by atoms with Gasteiger partial charge in [-0.25, -0.2) is 0 Å². The Hall–Kier alpha value is 0.590. The zero-order valence-corrected chi connectivity index (χ0v) is 7.13. The predicted molar refractivity (Wildman–Crippen MR) is 25.1 cm³/mol. The average molecular weight is 128 g/mol. The molecule has 0 heterocycles. The minimum Gasteiger partial charge on any atom is -1.00 e. The van der Waals surface area contributed by atoms with Crippen LogP contribution < -0.4 is 29.6 Å². The first-order valence-electron chi connectivity index (χ1n) is 1.94. The van der Waals surface area contributed by atoms with Gasteiger partial charge in [-0.1, -0.05) is 0 Å². The fourth-order valence-electron chi connectivity index (χ4n) is 0.173. The molecule has 0 aromatic heterocycles. The maximum Gasteiger partial charge on any atom is 1.00 e. The number of rotatable bonds is 3. The van der Waals surface area contributed by atoms with Crippen LogP contribution in [0.5, 0.6) is 0 Å². The number of aldehydes is 1. The van der Waals surface area contributed by atoms with Gasteiger partial charge in [0.25, 0.3) is 0 Å². The molecule has 0 bridgehead atoms. The van der Waals surface area contributed by atoms with Crippen molar-refractivity contribution in [3.63, 3.8) is 0 Å². The summed E-state index contributed by atoms with van der Waals surface area (Å²) in [5.74, 6) is 0. The zero-order valence-electron chi connectivity index (χ0n) is 6.13. The van der Waals surface area contributed by atoms with Crippen LogP contribution in [0, 0.1) is 0 Å². The van der Waals surface area contributed by atoms with E-state index in [0.29, 0.717) is 6.29 Å². The summed E-state index contributed by atoms with van der Waals surface area (Å²) < 4.78 is 4.43. The van der Waals surface area contributed by atoms with Crippen molar-refractivity contribution in [3.8, 4) is 0 Å². The van der Waals surface area contributed by atoms with Gasteiger partial charge in [0.15, 0.2) is 6.29 Å². The first kappa shape index (κ1) is 11.4. The number of methoxy groups -OCH3 is 1. The third kappa shape index (κ3) is 4.74. The molecule has 0 aliphatic rings. The van der Waals surface area contributed by atoms with Crippen LogP contribution in [0.1, 0.15) is 1.43 Å². The molecule has 0 radical (unpaired) electrons. The molecule has 0 rings (SSSR count). The molecule has 0 fully saturated rings. The first-order chi connectivity index (χ1) is 3.35. The SMILES string of the molecule is COC(C=O)CO.[H-].[Na+]. The van der Waals surface area contributed by atoms with Gasteiger partial charge in [-0.3, -0.25) is 0 Å². The monoisotopic (exact) mass is 128 g/mol. The second kappa shape index (κ2) is 7.59. The van der Waals surface area contributed by atoms with E-state index in [0.717, 1.165) is 0 Å². The molecular formula is C4H9NaO3. The standard InChI is InChI=1S/C4H8O3.Na.H/c1-7-4(2-5)3-6;;/h2,4,6H,3H2,1H3;;/q;+1;-1. The summed E-state index contributed by atoms with van der Waals surface area (Å²) in [5, 5.41) is 8.17. The van der Waals surface area contributed by atoms with Gasteiger partial charge in [0.2, 0.25) is 0 Å². The summed E-state index contributed by atoms with van der Waals surface area (Å²) in [7, 11) is 1.37. The zero-order chi connectivity index (χ0) is 5.70. The summed E-state index contributed by atoms with van der Waals surface area (Å²) >= 11 is 0. The van der Waals surface area contributed by atoms with Crippen LogP contribution in [-0.4, -0.2) is 31.2 Å². The van der Waals surface area contributed by atoms with E-state index < -0.39 is 6.10 Å². The number of aliphatic hydroxyl groups is 1. The van der Waals surface area contributed by atoms with Crippen LogP contribution in [0.4, 0.5) is 0 Å². The van der Waals surface area contributed by atoms with Crippen LogP contribution in [-0.2, 0) is 9.53 Å². The smallest absolute Gasteiger partial charge is 1.00 e. The molecule has 3 nitrogen and oxygen atoms in total. The van der Waals surface area contributed by atoms with Gasteiger partial charge < -0.3 is 16.1 Å². The van der Waals surface area contributed by atoms with Crippen LogP contribution in [0.3, 0.4) is 0 Å². The molecule has 0 saturated heterocycles. The minimum absolute atomic E-state index is 0. The van der Waals surface area contributed by atoms with Gasteiger partial charge in [0.1, 0.15) is 6.10 Å². The van der Waals surface area contributed by atoms with Crippen LogP contribution in [0.25, 0.3) is 0 Å². The summed E-state index contributed by atoms with van der Waals surface area (Å²) in [6.45, 7) is -0.236. The first-order valence-corrected chi connectivity index (χ1v) is 1.94. The van der Waals surface area contributed by atoms with Crippen LogP contribution in [0.15, 0.2) is 0 Å². The van der Waals surface area contributed by atoms with Gasteiger partial charge in [-0.2, -0.15) is 0 Å². The molecule has 0 aliphatic carbocycles. The summed E-state index contributed by atoms with van der Waals surface area (Å²) in [6, 6.07) is 0. The molecule has 0 amide bonds. The summed E-state index contributed by atoms with van der Waals surface area (Å²) in [4.78, 5) is 9.68. The van der Waals surface area contributed by atoms with E-state index in [2.05, 4.69) is 4.74 Å². The molecule has 8 heavy (non-hydrogen) atoms. The second-order valence-electron chi connectivity index (χ2n) is 1.09. The van der Waals surface area contributed by atoms with E-state index in [1.165, 1.54) is 7.11 Å². The van der Waals surface area contributed by atoms with E-state index in [4.69, 9.17) is 5.11 Å². The van der Waals surface area contributed by atoms with Crippen molar-refractivity contribution in [1.82, 2.24) is 0 Å². The predicted octanol–water partition coefficient (Wildman–Crippen LogP) is -3.69. The number of hydrogen-bond acceptors (Lipinski definition) is 3. The third-order valence-electron chi connectivity index (χ3n) is 0.634. The minimum atomic E-state index is -0.639. The van der Waals surface area contributed by atoms with E-state index in [1.807, 2.05) is 0 Å². The number of hydrogen-bond donors (Lipinski definition) is 1. The molecule has 4 heteroatoms. The van der Waals surface area contributed by atoms with E-state index >= 15 is 0 Å². The van der Waals surface area contributed by atoms with Gasteiger partial charge in [-0.15, -0.1) is 0 Å². The van der Waals surface area contributed by atoms with E-state index in [9.17, 15) is 4.79 Å². The second-order valence-corrected chi connectivity index (χ2v) is 1.09. The average Bonchev–Trinajstić information content (AvgIpc) is 1.72. The van der Waals surface area contributed by atoms with Crippen molar-refractivity contribution in [2.45, 2.75) is 6.10 Å². The molecule has 0 aromatic carbocycles. The van der Waals surface area contributed by atoms with Gasteiger partial charge in [0.05, 0.1) is 6.61 Å². The molecule has 0 aromatic rings. The fourth-order valence-corrected chi connectivity index (χ4v) is 0.173. The molecule has 44 valence electrons. The molecule has 1 unspecified atom stereocenters. The van der Waals surface area contributed by atoms with Crippen LogP contribution >= 0.6 is 0 Å². The Bertz CT molecular complexity index is 57.8. The van der Waals surface area contributed by atoms with Gasteiger partial charge >= 0.3 is 29.6 Å². The third-order valence-corrected chi connectivity index (χ3v) is 0.634. The van der Waals surface area contributed by atoms with Crippen molar-refractivity contribution < 1.29 is 45.6 Å². The number of carbonyl (C=O) groups excluding carboxylic acids is 1. The fraction of sp³-hybridized carbons (Fsp3) is 0.750. The molecule has 0 aliphatic heterocycles. The Labute approximate surface area is 71.8 Å². The topological polar surface area (TPSA) is 46.5 Å². The molecule has 0 spiro atoms. The number of carbonyl (C=O) groups is 1. The number of ether oxygens (including phenoxy) is 1. The maximum atomic E-state index is 9.68. The molecule has 0 saturated carbocycles. The van der Waals surface area contributed by atoms with Crippen molar-refractivity contribution in [3.05, 3.63) is 0 Å². The Morgan fingerprint density at radius 2 is 2.50 bits per heavy atom. The van der Waals surface area contributed by atoms with E-state index in [-0.39, 0.29) is 37.6 Å². The Kier molecular flexibility index (Phi) is 10.8. The quantitative estimate of drug-likeness (QED) is 0.314. The summed E-state index contributed by atoms with van der Waals surface area (Å²) in [5.41, 5.74) is 0. The summed E-state index contributed by atoms with van der Waals surface area (Å²) in [6.07, 6.45) is -0.0833.